The maximum absolute atomic E-state index is 14.5. The van der Waals surface area contributed by atoms with E-state index in [1.807, 2.05) is 4.68 Å². The van der Waals surface area contributed by atoms with Crippen LogP contribution in [-0.4, -0.2) is 59.0 Å². The van der Waals surface area contributed by atoms with E-state index in [0.29, 0.717) is 16.9 Å². The zero-order valence-electron chi connectivity index (χ0n) is 17.8. The number of halogens is 1. The second-order valence-electron chi connectivity index (χ2n) is 8.30. The lowest BCUT2D eigenvalue weighted by molar-refractivity contribution is 0.188. The van der Waals surface area contributed by atoms with Crippen LogP contribution < -0.4 is 5.32 Å². The van der Waals surface area contributed by atoms with Crippen molar-refractivity contribution in [1.29, 1.82) is 0 Å². The number of nitrogens with one attached hydrogen (secondary N) is 1. The van der Waals surface area contributed by atoms with Crippen molar-refractivity contribution in [2.24, 2.45) is 0 Å². The van der Waals surface area contributed by atoms with Crippen LogP contribution in [-0.2, 0) is 9.84 Å². The van der Waals surface area contributed by atoms with Gasteiger partial charge in [0.1, 0.15) is 18.0 Å². The molecule has 1 saturated heterocycles. The lowest BCUT2D eigenvalue weighted by Gasteiger charge is -2.32. The monoisotopic (exact) mass is 445 g/mol. The molecule has 4 rings (SSSR count). The van der Waals surface area contributed by atoms with Crippen LogP contribution >= 0.6 is 0 Å². The number of rotatable bonds is 6. The highest BCUT2D eigenvalue weighted by Crippen LogP contribution is 2.30. The molecule has 0 aliphatic carbocycles. The topological polar surface area (TPSA) is 93.0 Å². The van der Waals surface area contributed by atoms with Gasteiger partial charge in [-0.1, -0.05) is 13.8 Å². The van der Waals surface area contributed by atoms with Crippen molar-refractivity contribution < 1.29 is 12.8 Å². The Morgan fingerprint density at radius 2 is 1.97 bits per heavy atom. The lowest BCUT2D eigenvalue weighted by Crippen LogP contribution is -2.36. The van der Waals surface area contributed by atoms with Gasteiger partial charge < -0.3 is 10.2 Å². The van der Waals surface area contributed by atoms with Gasteiger partial charge in [-0.15, -0.1) is 0 Å². The minimum atomic E-state index is -3.48. The first-order valence-corrected chi connectivity index (χ1v) is 12.1. The van der Waals surface area contributed by atoms with Gasteiger partial charge in [0.15, 0.2) is 15.5 Å². The highest BCUT2D eigenvalue weighted by atomic mass is 32.2. The van der Waals surface area contributed by atoms with Gasteiger partial charge >= 0.3 is 0 Å². The molecule has 1 fully saturated rings. The number of benzene rings is 1. The van der Waals surface area contributed by atoms with Crippen molar-refractivity contribution in [2.45, 2.75) is 37.6 Å². The summed E-state index contributed by atoms with van der Waals surface area (Å²) in [5.41, 5.74) is 0.835. The van der Waals surface area contributed by atoms with Crippen molar-refractivity contribution in [3.63, 3.8) is 0 Å². The summed E-state index contributed by atoms with van der Waals surface area (Å²) in [6.45, 7) is 7.33. The van der Waals surface area contributed by atoms with Gasteiger partial charge in [-0.2, -0.15) is 5.10 Å². The summed E-state index contributed by atoms with van der Waals surface area (Å²) in [5, 5.41) is 8.20. The Morgan fingerprint density at radius 3 is 2.61 bits per heavy atom. The van der Waals surface area contributed by atoms with E-state index in [-0.39, 0.29) is 16.6 Å². The Balaban J connectivity index is 1.56. The van der Waals surface area contributed by atoms with Crippen molar-refractivity contribution in [1.82, 2.24) is 24.6 Å². The number of hydrogen-bond donors (Lipinski definition) is 1. The second kappa shape index (κ2) is 8.51. The molecule has 31 heavy (non-hydrogen) atoms. The summed E-state index contributed by atoms with van der Waals surface area (Å²) >= 11 is 0. The smallest absolute Gasteiger partial charge is 0.175 e. The number of sulfone groups is 1. The predicted octanol–water partition coefficient (Wildman–Crippen LogP) is 3.36. The summed E-state index contributed by atoms with van der Waals surface area (Å²) in [7, 11) is -3.48. The molecule has 0 spiro atoms. The molecule has 0 atom stereocenters. The molecule has 165 valence electrons. The lowest BCUT2D eigenvalue weighted by atomic mass is 10.0. The van der Waals surface area contributed by atoms with Gasteiger partial charge in [-0.3, -0.25) is 0 Å². The van der Waals surface area contributed by atoms with Gasteiger partial charge in [0.05, 0.1) is 28.2 Å². The normalized spacial score (nSPS) is 16.3. The van der Waals surface area contributed by atoms with Gasteiger partial charge in [0, 0.05) is 25.9 Å². The molecule has 1 N–H and O–H groups in total. The third-order valence-electron chi connectivity index (χ3n) is 5.46. The van der Waals surface area contributed by atoms with Gasteiger partial charge in [-0.25, -0.2) is 27.5 Å². The molecule has 1 radical (unpaired) electrons. The highest BCUT2D eigenvalue weighted by molar-refractivity contribution is 7.90. The summed E-state index contributed by atoms with van der Waals surface area (Å²) in [5.74, 6) is 1.16. The van der Waals surface area contributed by atoms with Crippen LogP contribution in [0.15, 0.2) is 35.6 Å². The highest BCUT2D eigenvalue weighted by Gasteiger charge is 2.24. The van der Waals surface area contributed by atoms with E-state index < -0.39 is 15.7 Å². The zero-order valence-corrected chi connectivity index (χ0v) is 18.7. The number of anilines is 2. The molecule has 3 heterocycles. The number of fused-ring (bicyclic) bond motifs is 1. The first kappa shape index (κ1) is 21.6. The Bertz CT molecular complexity index is 1190. The van der Waals surface area contributed by atoms with Gasteiger partial charge in [-0.05, 0) is 37.0 Å². The molecular formula is C21H26FN6O2S. The third kappa shape index (κ3) is 4.69. The largest absolute Gasteiger partial charge is 0.337 e. The van der Waals surface area contributed by atoms with Crippen LogP contribution in [0.2, 0.25) is 0 Å². The van der Waals surface area contributed by atoms with E-state index in [2.05, 4.69) is 39.1 Å². The van der Waals surface area contributed by atoms with E-state index in [1.165, 1.54) is 24.4 Å². The Morgan fingerprint density at radius 1 is 1.23 bits per heavy atom. The van der Waals surface area contributed by atoms with Crippen molar-refractivity contribution in [3.05, 3.63) is 42.5 Å². The first-order valence-electron chi connectivity index (χ1n) is 10.2. The molecule has 0 unspecified atom stereocenters. The Hall–Kier alpha value is -2.59. The second-order valence-corrected chi connectivity index (χ2v) is 10.3. The summed E-state index contributed by atoms with van der Waals surface area (Å²) in [6, 6.07) is 4.01. The molecule has 1 aromatic carbocycles. The fraction of sp³-hybridized carbons (Fsp3) is 0.429. The van der Waals surface area contributed by atoms with Crippen LogP contribution in [0.4, 0.5) is 15.9 Å². The maximum atomic E-state index is 14.5. The molecule has 1 aliphatic heterocycles. The van der Waals surface area contributed by atoms with Gasteiger partial charge in [0.25, 0.3) is 0 Å². The van der Waals surface area contributed by atoms with E-state index in [0.717, 1.165) is 44.8 Å². The fourth-order valence-electron chi connectivity index (χ4n) is 3.95. The van der Waals surface area contributed by atoms with E-state index in [4.69, 9.17) is 0 Å². The van der Waals surface area contributed by atoms with Crippen LogP contribution in [0, 0.1) is 11.7 Å². The first-order chi connectivity index (χ1) is 14.7. The average molecular weight is 446 g/mol. The van der Waals surface area contributed by atoms with Crippen molar-refractivity contribution >= 4 is 32.4 Å². The van der Waals surface area contributed by atoms with Gasteiger partial charge in [0.2, 0.25) is 0 Å². The predicted molar refractivity (Wildman–Crippen MR) is 117 cm³/mol. The summed E-state index contributed by atoms with van der Waals surface area (Å²) in [6.07, 6.45) is 6.13. The van der Waals surface area contributed by atoms with E-state index in [9.17, 15) is 12.8 Å². The summed E-state index contributed by atoms with van der Waals surface area (Å²) < 4.78 is 39.7. The zero-order chi connectivity index (χ0) is 22.2. The SMILES string of the molecule is C[C](C)CN1CCC(n2ncc3c(Nc4ccc(S(C)(=O)=O)cc4F)ncnc32)CC1. The van der Waals surface area contributed by atoms with Crippen molar-refractivity contribution in [2.75, 3.05) is 31.2 Å². The minimum absolute atomic E-state index is 0.0709. The van der Waals surface area contributed by atoms with Crippen LogP contribution in [0.5, 0.6) is 0 Å². The number of likely N-dealkylation sites (tertiary alicyclic amines) is 1. The standard InChI is InChI=1S/C21H26FN6O2S/c1-14(2)12-27-8-6-15(7-9-27)28-21-17(11-25-28)20(23-13-24-21)26-19-5-4-16(10-18(19)22)31(3,29)30/h4-5,10-11,13,15H,6-9,12H2,1-3H3,(H,23,24,26). The molecule has 3 aromatic rings. The summed E-state index contributed by atoms with van der Waals surface area (Å²) in [4.78, 5) is 11.0. The molecule has 10 heteroatoms. The molecular weight excluding hydrogens is 419 g/mol. The average Bonchev–Trinajstić information content (AvgIpc) is 3.14. The quantitative estimate of drug-likeness (QED) is 0.622. The van der Waals surface area contributed by atoms with Crippen molar-refractivity contribution in [3.8, 4) is 0 Å². The van der Waals surface area contributed by atoms with Crippen LogP contribution in [0.3, 0.4) is 0 Å². The number of hydrogen-bond acceptors (Lipinski definition) is 7. The minimum Gasteiger partial charge on any atom is -0.337 e. The number of aromatic nitrogens is 4. The van der Waals surface area contributed by atoms with Crippen LogP contribution in [0.1, 0.15) is 32.7 Å². The molecule has 0 saturated carbocycles. The molecule has 2 aromatic heterocycles. The number of nitrogens with zero attached hydrogens (tertiary/aromatic N) is 5. The number of piperidine rings is 1. The molecule has 8 nitrogen and oxygen atoms in total. The van der Waals surface area contributed by atoms with E-state index in [1.54, 1.807) is 6.20 Å². The molecule has 0 bridgehead atoms. The van der Waals surface area contributed by atoms with E-state index >= 15 is 0 Å². The maximum Gasteiger partial charge on any atom is 0.175 e. The fourth-order valence-corrected chi connectivity index (χ4v) is 4.59. The van der Waals surface area contributed by atoms with Crippen LogP contribution in [0.25, 0.3) is 11.0 Å². The Labute approximate surface area is 181 Å². The third-order valence-corrected chi connectivity index (χ3v) is 6.57. The molecule has 0 amide bonds. The molecule has 1 aliphatic rings. The Kier molecular flexibility index (Phi) is 5.94.